The van der Waals surface area contributed by atoms with E-state index in [4.69, 9.17) is 9.15 Å². The van der Waals surface area contributed by atoms with Crippen molar-refractivity contribution >= 4 is 11.6 Å². The standard InChI is InChI=1S/C35H40F2N4O4/c1-3-5-10-41-11-13-44-33-29(35-39-9-12-45-35)18-26(19-31(33)41)34(43)40-30(17-25-15-27(36)20-28(37)16-25)32(42)22-38-21-24-8-6-7-23(4-2)14-24/h6-9,12,14-16,18-20,30,32,38,42H,3-5,10-11,13,17,21-22H2,1-2H3,(H,40,43)/t30-,32+/m1/s1. The van der Waals surface area contributed by atoms with Gasteiger partial charge in [0.1, 0.15) is 24.5 Å². The minimum atomic E-state index is -1.07. The predicted octanol–water partition coefficient (Wildman–Crippen LogP) is 5.67. The number of fused-ring (bicyclic) bond motifs is 1. The minimum Gasteiger partial charge on any atom is -0.489 e. The van der Waals surface area contributed by atoms with Crippen LogP contribution in [0.15, 0.2) is 71.5 Å². The van der Waals surface area contributed by atoms with Crippen LogP contribution in [0.1, 0.15) is 53.7 Å². The fraction of sp³-hybridized carbons (Fsp3) is 0.371. The molecule has 5 rings (SSSR count). The number of hydrogen-bond donors (Lipinski definition) is 3. The van der Waals surface area contributed by atoms with E-state index >= 15 is 0 Å². The molecule has 0 aliphatic carbocycles. The summed E-state index contributed by atoms with van der Waals surface area (Å²) in [5.41, 5.74) is 4.22. The van der Waals surface area contributed by atoms with Crippen molar-refractivity contribution in [2.24, 2.45) is 0 Å². The summed E-state index contributed by atoms with van der Waals surface area (Å²) in [7, 11) is 0. The van der Waals surface area contributed by atoms with Gasteiger partial charge in [-0.1, -0.05) is 44.5 Å². The molecule has 1 aliphatic heterocycles. The van der Waals surface area contributed by atoms with Gasteiger partial charge in [-0.05, 0) is 60.2 Å². The summed E-state index contributed by atoms with van der Waals surface area (Å²) in [6.07, 6.45) is 4.83. The van der Waals surface area contributed by atoms with E-state index < -0.39 is 29.7 Å². The topological polar surface area (TPSA) is 99.9 Å². The molecule has 0 saturated carbocycles. The molecule has 0 spiro atoms. The zero-order valence-electron chi connectivity index (χ0n) is 25.7. The van der Waals surface area contributed by atoms with Crippen molar-refractivity contribution in [1.29, 1.82) is 0 Å². The van der Waals surface area contributed by atoms with E-state index in [9.17, 15) is 18.7 Å². The van der Waals surface area contributed by atoms with Gasteiger partial charge in [0.25, 0.3) is 5.91 Å². The average Bonchev–Trinajstić information content (AvgIpc) is 3.57. The van der Waals surface area contributed by atoms with Crippen molar-refractivity contribution in [2.75, 3.05) is 31.1 Å². The van der Waals surface area contributed by atoms with Crippen molar-refractivity contribution in [1.82, 2.24) is 15.6 Å². The maximum atomic E-state index is 14.1. The molecule has 0 radical (unpaired) electrons. The van der Waals surface area contributed by atoms with Crippen LogP contribution in [0.4, 0.5) is 14.5 Å². The third kappa shape index (κ3) is 8.26. The maximum Gasteiger partial charge on any atom is 0.251 e. The number of ether oxygens (including phenoxy) is 1. The molecular weight excluding hydrogens is 578 g/mol. The van der Waals surface area contributed by atoms with Crippen molar-refractivity contribution in [2.45, 2.75) is 58.2 Å². The molecule has 0 saturated heterocycles. The molecule has 0 bridgehead atoms. The number of unbranched alkanes of at least 4 members (excludes halogenated alkanes) is 1. The number of aliphatic hydroxyl groups excluding tert-OH is 1. The lowest BCUT2D eigenvalue weighted by molar-refractivity contribution is 0.0830. The Hall–Kier alpha value is -4.28. The van der Waals surface area contributed by atoms with Crippen LogP contribution in [0, 0.1) is 11.6 Å². The van der Waals surface area contributed by atoms with Crippen molar-refractivity contribution in [3.8, 4) is 17.2 Å². The Balaban J connectivity index is 1.40. The molecule has 45 heavy (non-hydrogen) atoms. The zero-order valence-corrected chi connectivity index (χ0v) is 25.7. The van der Waals surface area contributed by atoms with Gasteiger partial charge in [0.15, 0.2) is 5.75 Å². The number of amides is 1. The lowest BCUT2D eigenvalue weighted by Crippen LogP contribution is -2.48. The summed E-state index contributed by atoms with van der Waals surface area (Å²) < 4.78 is 39.8. The third-order valence-corrected chi connectivity index (χ3v) is 7.97. The van der Waals surface area contributed by atoms with Gasteiger partial charge in [-0.3, -0.25) is 4.79 Å². The summed E-state index contributed by atoms with van der Waals surface area (Å²) in [4.78, 5) is 20.4. The molecule has 1 aliphatic rings. The monoisotopic (exact) mass is 618 g/mol. The molecule has 10 heteroatoms. The molecule has 2 atom stereocenters. The highest BCUT2D eigenvalue weighted by Gasteiger charge is 2.28. The molecule has 8 nitrogen and oxygen atoms in total. The van der Waals surface area contributed by atoms with Crippen molar-refractivity contribution < 1.29 is 27.8 Å². The fourth-order valence-electron chi connectivity index (χ4n) is 5.59. The Labute approximate surface area is 262 Å². The number of oxazole rings is 1. The van der Waals surface area contributed by atoms with Crippen LogP contribution < -0.4 is 20.3 Å². The third-order valence-electron chi connectivity index (χ3n) is 7.97. The SMILES string of the molecule is CCCCN1CCOc2c(-c3ncco3)cc(C(=O)N[C@H](Cc3cc(F)cc(F)c3)[C@@H](O)CNCc3cccc(CC)c3)cc21. The van der Waals surface area contributed by atoms with Crippen LogP contribution in [-0.2, 0) is 19.4 Å². The second-order valence-electron chi connectivity index (χ2n) is 11.3. The number of nitrogens with one attached hydrogen (secondary N) is 2. The molecule has 1 amide bonds. The molecule has 238 valence electrons. The van der Waals surface area contributed by atoms with E-state index in [0.29, 0.717) is 48.0 Å². The Morgan fingerprint density at radius 2 is 1.87 bits per heavy atom. The molecule has 4 aromatic rings. The van der Waals surface area contributed by atoms with Crippen molar-refractivity contribution in [3.63, 3.8) is 0 Å². The largest absolute Gasteiger partial charge is 0.489 e. The first-order valence-corrected chi connectivity index (χ1v) is 15.5. The first kappa shape index (κ1) is 32.1. The zero-order chi connectivity index (χ0) is 31.8. The van der Waals surface area contributed by atoms with Gasteiger partial charge in [-0.15, -0.1) is 0 Å². The van der Waals surface area contributed by atoms with Gasteiger partial charge in [0.2, 0.25) is 5.89 Å². The highest BCUT2D eigenvalue weighted by molar-refractivity contribution is 5.98. The molecule has 0 unspecified atom stereocenters. The van der Waals surface area contributed by atoms with E-state index in [1.54, 1.807) is 12.1 Å². The number of benzene rings is 3. The summed E-state index contributed by atoms with van der Waals surface area (Å²) in [5, 5.41) is 17.5. The van der Waals surface area contributed by atoms with Gasteiger partial charge < -0.3 is 29.8 Å². The van der Waals surface area contributed by atoms with E-state index in [-0.39, 0.29) is 13.0 Å². The molecule has 0 fully saturated rings. The van der Waals surface area contributed by atoms with E-state index in [2.05, 4.69) is 46.5 Å². The number of carbonyl (C=O) groups is 1. The number of hydrogen-bond acceptors (Lipinski definition) is 7. The number of aliphatic hydroxyl groups is 1. The van der Waals surface area contributed by atoms with Crippen molar-refractivity contribution in [3.05, 3.63) is 101 Å². The lowest BCUT2D eigenvalue weighted by atomic mass is 9.99. The lowest BCUT2D eigenvalue weighted by Gasteiger charge is -2.33. The van der Waals surface area contributed by atoms with Gasteiger partial charge in [0, 0.05) is 31.3 Å². The Kier molecular flexibility index (Phi) is 10.8. The molecule has 3 aromatic carbocycles. The van der Waals surface area contributed by atoms with Gasteiger partial charge in [-0.2, -0.15) is 0 Å². The summed E-state index contributed by atoms with van der Waals surface area (Å²) in [6, 6.07) is 13.9. The fourth-order valence-corrected chi connectivity index (χ4v) is 5.59. The number of carbonyl (C=O) groups excluding carboxylic acids is 1. The van der Waals surface area contributed by atoms with Crippen LogP contribution in [0.3, 0.4) is 0 Å². The highest BCUT2D eigenvalue weighted by atomic mass is 19.1. The van der Waals surface area contributed by atoms with Crippen LogP contribution in [-0.4, -0.2) is 54.4 Å². The second-order valence-corrected chi connectivity index (χ2v) is 11.3. The minimum absolute atomic E-state index is 0.0118. The number of rotatable bonds is 14. The summed E-state index contributed by atoms with van der Waals surface area (Å²) in [6.45, 7) is 6.82. The molecular formula is C35H40F2N4O4. The van der Waals surface area contributed by atoms with Crippen LogP contribution in [0.25, 0.3) is 11.5 Å². The van der Waals surface area contributed by atoms with Crippen LogP contribution in [0.2, 0.25) is 0 Å². The average molecular weight is 619 g/mol. The van der Waals surface area contributed by atoms with Gasteiger partial charge >= 0.3 is 0 Å². The Morgan fingerprint density at radius 3 is 2.60 bits per heavy atom. The van der Waals surface area contributed by atoms with Gasteiger partial charge in [-0.25, -0.2) is 13.8 Å². The molecule has 1 aromatic heterocycles. The maximum absolute atomic E-state index is 14.1. The Morgan fingerprint density at radius 1 is 1.07 bits per heavy atom. The quantitative estimate of drug-likeness (QED) is 0.167. The van der Waals surface area contributed by atoms with E-state index in [1.165, 1.54) is 30.2 Å². The first-order chi connectivity index (χ1) is 21.8. The number of anilines is 1. The highest BCUT2D eigenvalue weighted by Crippen LogP contribution is 2.41. The number of aromatic nitrogens is 1. The number of halogens is 2. The number of aryl methyl sites for hydroxylation is 1. The normalized spacial score (nSPS) is 14.0. The van der Waals surface area contributed by atoms with E-state index in [0.717, 1.165) is 43.1 Å². The predicted molar refractivity (Wildman–Crippen MR) is 169 cm³/mol. The van der Waals surface area contributed by atoms with Crippen LogP contribution >= 0.6 is 0 Å². The first-order valence-electron chi connectivity index (χ1n) is 15.5. The summed E-state index contributed by atoms with van der Waals surface area (Å²) >= 11 is 0. The number of nitrogens with zero attached hydrogens (tertiary/aromatic N) is 2. The molecule has 2 heterocycles. The summed E-state index contributed by atoms with van der Waals surface area (Å²) in [5.74, 6) is -0.990. The van der Waals surface area contributed by atoms with E-state index in [1.807, 2.05) is 12.1 Å². The van der Waals surface area contributed by atoms with Crippen LogP contribution in [0.5, 0.6) is 5.75 Å². The molecule has 3 N–H and O–H groups in total. The van der Waals surface area contributed by atoms with Gasteiger partial charge in [0.05, 0.1) is 36.1 Å². The second kappa shape index (κ2) is 15.1. The Bertz CT molecular complexity index is 1560. The smallest absolute Gasteiger partial charge is 0.251 e.